The van der Waals surface area contributed by atoms with E-state index < -0.39 is 115 Å². The molecule has 0 radical (unpaired) electrons. The Balaban J connectivity index is 1.09. The van der Waals surface area contributed by atoms with Gasteiger partial charge in [-0.1, -0.05) is 41.0 Å². The highest BCUT2D eigenvalue weighted by atomic mass is 16.8. The Morgan fingerprint density at radius 2 is 1.45 bits per heavy atom. The van der Waals surface area contributed by atoms with E-state index in [1.54, 1.807) is 0 Å². The van der Waals surface area contributed by atoms with E-state index in [1.807, 2.05) is 6.92 Å². The van der Waals surface area contributed by atoms with Crippen LogP contribution in [0.25, 0.3) is 0 Å². The maximum absolute atomic E-state index is 12.7. The minimum atomic E-state index is -1.45. The third-order valence-electron chi connectivity index (χ3n) is 16.0. The maximum atomic E-state index is 12.7. The smallest absolute Gasteiger partial charge is 0.187 e. The number of ether oxygens (including phenoxy) is 6. The highest BCUT2D eigenvalue weighted by Crippen LogP contribution is 2.70. The van der Waals surface area contributed by atoms with E-state index in [4.69, 9.17) is 28.4 Å². The molecule has 0 bridgehead atoms. The summed E-state index contributed by atoms with van der Waals surface area (Å²) in [6.07, 6.45) is -8.66. The van der Waals surface area contributed by atoms with Crippen LogP contribution in [0.15, 0.2) is 0 Å². The van der Waals surface area contributed by atoms with Crippen molar-refractivity contribution >= 4 is 0 Å². The predicted molar refractivity (Wildman–Crippen MR) is 200 cm³/mol. The Labute approximate surface area is 331 Å². The molecule has 6 rings (SSSR count). The number of aliphatic hydroxyl groups excluding tert-OH is 8. The van der Waals surface area contributed by atoms with Crippen LogP contribution >= 0.6 is 0 Å². The highest BCUT2D eigenvalue weighted by Gasteiger charge is 2.73. The van der Waals surface area contributed by atoms with Crippen LogP contribution < -0.4 is 0 Å². The van der Waals surface area contributed by atoms with Gasteiger partial charge < -0.3 is 74.4 Å². The van der Waals surface area contributed by atoms with Crippen molar-refractivity contribution < 1.29 is 74.4 Å². The molecule has 0 amide bonds. The molecule has 0 aromatic heterocycles. The fourth-order valence-corrected chi connectivity index (χ4v) is 13.0. The van der Waals surface area contributed by atoms with E-state index in [-0.39, 0.29) is 49.2 Å². The monoisotopic (exact) mass is 804 g/mol. The predicted octanol–water partition coefficient (Wildman–Crippen LogP) is 0.310. The van der Waals surface area contributed by atoms with Crippen molar-refractivity contribution in [2.45, 2.75) is 171 Å². The molecule has 6 aliphatic rings. The standard InChI is InChI=1S/C41H72O15/c1-19(2)21(12-15-53-38-35(30(46)24(17-42)55-38)56-37-34(52-7)31(47)25(51-6)18-54-37)9-8-20(3)27-32(48)33(49)36-40(27,5)14-11-26-39(4)13-10-22(43)29(45)28(39)23(44)16-41(26,36)50/h19-38,42-50H,8-18H2,1-7H3/t20-,21-,22+,23+,24+,25-,26-,27+,28+,29+,30+,31+,32-,33-,34-,35-,36-,37+,38-,39-,40-,41+/m1/s1. The summed E-state index contributed by atoms with van der Waals surface area (Å²) in [5.41, 5.74) is -2.68. The number of aliphatic hydroxyl groups is 9. The molecular weight excluding hydrogens is 732 g/mol. The zero-order valence-electron chi connectivity index (χ0n) is 34.3. The molecule has 0 aromatic carbocycles. The number of rotatable bonds is 14. The van der Waals surface area contributed by atoms with Gasteiger partial charge in [-0.25, -0.2) is 0 Å². The van der Waals surface area contributed by atoms with E-state index in [2.05, 4.69) is 27.7 Å². The molecule has 2 aliphatic heterocycles. The van der Waals surface area contributed by atoms with Gasteiger partial charge in [0.05, 0.1) is 55.9 Å². The van der Waals surface area contributed by atoms with Crippen molar-refractivity contribution in [3.05, 3.63) is 0 Å². The van der Waals surface area contributed by atoms with Crippen LogP contribution in [0.5, 0.6) is 0 Å². The van der Waals surface area contributed by atoms with Gasteiger partial charge in [-0.15, -0.1) is 0 Å². The molecule has 326 valence electrons. The summed E-state index contributed by atoms with van der Waals surface area (Å²) in [5.74, 6) is -1.36. The Kier molecular flexibility index (Phi) is 14.0. The normalized spacial score (nSPS) is 51.7. The molecule has 0 spiro atoms. The lowest BCUT2D eigenvalue weighted by atomic mass is 9.41. The first-order valence-electron chi connectivity index (χ1n) is 21.1. The molecule has 4 aliphatic carbocycles. The molecule has 0 aromatic rings. The third-order valence-corrected chi connectivity index (χ3v) is 16.0. The van der Waals surface area contributed by atoms with Crippen LogP contribution in [0.4, 0.5) is 0 Å². The first-order valence-corrected chi connectivity index (χ1v) is 21.1. The zero-order chi connectivity index (χ0) is 41.1. The zero-order valence-corrected chi connectivity index (χ0v) is 34.3. The summed E-state index contributed by atoms with van der Waals surface area (Å²) in [5, 5.41) is 101. The minimum Gasteiger partial charge on any atom is -0.394 e. The fourth-order valence-electron chi connectivity index (χ4n) is 13.0. The van der Waals surface area contributed by atoms with Gasteiger partial charge in [-0.2, -0.15) is 0 Å². The fraction of sp³-hybridized carbons (Fsp3) is 1.00. The lowest BCUT2D eigenvalue weighted by molar-refractivity contribution is -0.309. The highest BCUT2D eigenvalue weighted by molar-refractivity contribution is 5.22. The van der Waals surface area contributed by atoms with Gasteiger partial charge in [-0.3, -0.25) is 0 Å². The third kappa shape index (κ3) is 7.65. The first kappa shape index (κ1) is 44.9. The number of hydrogen-bond acceptors (Lipinski definition) is 15. The van der Waals surface area contributed by atoms with Gasteiger partial charge in [0.25, 0.3) is 0 Å². The molecule has 0 unspecified atom stereocenters. The average Bonchev–Trinajstić information content (AvgIpc) is 3.55. The van der Waals surface area contributed by atoms with Crippen LogP contribution in [-0.4, -0.2) is 165 Å². The van der Waals surface area contributed by atoms with E-state index in [0.717, 1.165) is 12.8 Å². The van der Waals surface area contributed by atoms with Crippen LogP contribution in [0.1, 0.15) is 86.0 Å². The molecule has 15 nitrogen and oxygen atoms in total. The Morgan fingerprint density at radius 1 is 0.750 bits per heavy atom. The Bertz CT molecular complexity index is 1290. The Morgan fingerprint density at radius 3 is 2.09 bits per heavy atom. The molecule has 2 saturated heterocycles. The molecule has 22 atom stereocenters. The van der Waals surface area contributed by atoms with Gasteiger partial charge >= 0.3 is 0 Å². The molecule has 9 N–H and O–H groups in total. The molecule has 56 heavy (non-hydrogen) atoms. The molecule has 15 heteroatoms. The van der Waals surface area contributed by atoms with E-state index in [0.29, 0.717) is 32.1 Å². The summed E-state index contributed by atoms with van der Waals surface area (Å²) in [4.78, 5) is 0. The molecular formula is C41H72O15. The molecule has 2 heterocycles. The lowest BCUT2D eigenvalue weighted by Crippen LogP contribution is -2.71. The van der Waals surface area contributed by atoms with Crippen molar-refractivity contribution in [3.8, 4) is 0 Å². The largest absolute Gasteiger partial charge is 0.394 e. The second-order valence-corrected chi connectivity index (χ2v) is 19.2. The van der Waals surface area contributed by atoms with Crippen molar-refractivity contribution in [3.63, 3.8) is 0 Å². The average molecular weight is 805 g/mol. The summed E-state index contributed by atoms with van der Waals surface area (Å²) in [7, 11) is 2.88. The van der Waals surface area contributed by atoms with Gasteiger partial charge in [0.15, 0.2) is 12.6 Å². The number of hydrogen-bond donors (Lipinski definition) is 9. The summed E-state index contributed by atoms with van der Waals surface area (Å²) in [6.45, 7) is 10.4. The summed E-state index contributed by atoms with van der Waals surface area (Å²) in [6, 6.07) is 0. The summed E-state index contributed by atoms with van der Waals surface area (Å²) < 4.78 is 34.7. The second kappa shape index (κ2) is 17.4. The van der Waals surface area contributed by atoms with Gasteiger partial charge in [0.1, 0.15) is 36.6 Å². The SMILES string of the molecule is CO[C@H]1[C@H](O[C@H]2[C@H](OCC[C@@H](CC[C@@H](C)[C@H]3[C@@H](O)[C@@H](O)[C@@H]4[C@]3(C)CC[C@@H]3[C@@]5(C)CC[C@H](O)[C@H](O)[C@@H]5[C@@H](O)C[C@]34O)C(C)C)O[C@@H](CO)[C@@H]2O)OC[C@@H](OC)[C@@H]1O. The van der Waals surface area contributed by atoms with Crippen molar-refractivity contribution in [1.82, 2.24) is 0 Å². The quantitative estimate of drug-likeness (QED) is 0.115. The van der Waals surface area contributed by atoms with E-state index >= 15 is 0 Å². The van der Waals surface area contributed by atoms with Gasteiger partial charge in [0, 0.05) is 32.5 Å². The molecule has 6 fully saturated rings. The van der Waals surface area contributed by atoms with E-state index in [1.165, 1.54) is 14.2 Å². The minimum absolute atomic E-state index is 0.00541. The van der Waals surface area contributed by atoms with Gasteiger partial charge in [0.2, 0.25) is 0 Å². The van der Waals surface area contributed by atoms with Gasteiger partial charge in [-0.05, 0) is 78.9 Å². The lowest BCUT2D eigenvalue weighted by Gasteiger charge is -2.66. The van der Waals surface area contributed by atoms with Crippen LogP contribution in [0.3, 0.4) is 0 Å². The number of fused-ring (bicyclic) bond motifs is 5. The van der Waals surface area contributed by atoms with Crippen LogP contribution in [0, 0.1) is 52.3 Å². The molecule has 4 saturated carbocycles. The Hall–Kier alpha value is -0.600. The summed E-state index contributed by atoms with van der Waals surface area (Å²) >= 11 is 0. The van der Waals surface area contributed by atoms with E-state index in [9.17, 15) is 46.0 Å². The topological polar surface area (TPSA) is 237 Å². The van der Waals surface area contributed by atoms with Crippen molar-refractivity contribution in [1.29, 1.82) is 0 Å². The van der Waals surface area contributed by atoms with Crippen molar-refractivity contribution in [2.24, 2.45) is 52.3 Å². The van der Waals surface area contributed by atoms with Crippen molar-refractivity contribution in [2.75, 3.05) is 34.0 Å². The second-order valence-electron chi connectivity index (χ2n) is 19.2. The first-order chi connectivity index (χ1) is 26.4. The van der Waals surface area contributed by atoms with Crippen LogP contribution in [-0.2, 0) is 28.4 Å². The van der Waals surface area contributed by atoms with Crippen LogP contribution in [0.2, 0.25) is 0 Å². The maximum Gasteiger partial charge on any atom is 0.187 e. The number of methoxy groups -OCH3 is 2.